The summed E-state index contributed by atoms with van der Waals surface area (Å²) in [6.45, 7) is -0.0906. The topological polar surface area (TPSA) is 120 Å². The molecule has 0 saturated carbocycles. The van der Waals surface area contributed by atoms with E-state index in [-0.39, 0.29) is 6.61 Å². The summed E-state index contributed by atoms with van der Waals surface area (Å²) in [6.07, 6.45) is 4.67. The summed E-state index contributed by atoms with van der Waals surface area (Å²) in [5, 5.41) is 26.1. The van der Waals surface area contributed by atoms with E-state index in [9.17, 15) is 0 Å². The van der Waals surface area contributed by atoms with Gasteiger partial charge in [0.15, 0.2) is 5.82 Å². The quantitative estimate of drug-likeness (QED) is 0.529. The van der Waals surface area contributed by atoms with Gasteiger partial charge in [-0.05, 0) is 25.7 Å². The molecule has 2 aromatic rings. The van der Waals surface area contributed by atoms with Crippen molar-refractivity contribution in [3.63, 3.8) is 0 Å². The molecule has 2 saturated heterocycles. The average Bonchev–Trinajstić information content (AvgIpc) is 3.20. The van der Waals surface area contributed by atoms with Crippen molar-refractivity contribution in [3.05, 3.63) is 17.8 Å². The van der Waals surface area contributed by atoms with Crippen molar-refractivity contribution in [3.8, 4) is 5.88 Å². The fourth-order valence-corrected chi connectivity index (χ4v) is 3.65. The Labute approximate surface area is 145 Å². The third-order valence-electron chi connectivity index (χ3n) is 4.78. The molecule has 2 aliphatic heterocycles. The van der Waals surface area contributed by atoms with Gasteiger partial charge in [0.05, 0.1) is 19.4 Å². The van der Waals surface area contributed by atoms with Crippen molar-refractivity contribution in [2.24, 2.45) is 0 Å². The number of aliphatic hydroxyl groups excluding tert-OH is 1. The van der Waals surface area contributed by atoms with E-state index in [0.717, 1.165) is 12.8 Å². The second-order valence-corrected chi connectivity index (χ2v) is 6.63. The van der Waals surface area contributed by atoms with Gasteiger partial charge in [0.1, 0.15) is 5.82 Å². The van der Waals surface area contributed by atoms with Crippen LogP contribution >= 0.6 is 0 Å². The molecule has 2 fully saturated rings. The highest BCUT2D eigenvalue weighted by molar-refractivity contribution is 5.55. The van der Waals surface area contributed by atoms with Gasteiger partial charge in [-0.3, -0.25) is 5.10 Å². The zero-order valence-corrected chi connectivity index (χ0v) is 14.1. The first kappa shape index (κ1) is 16.1. The first-order chi connectivity index (χ1) is 12.2. The molecule has 1 unspecified atom stereocenters. The Bertz CT molecular complexity index is 723. The number of hydrogen-bond donors (Lipinski definition) is 5. The van der Waals surface area contributed by atoms with Crippen LogP contribution in [0.25, 0.3) is 0 Å². The van der Waals surface area contributed by atoms with E-state index in [4.69, 9.17) is 9.84 Å². The molecule has 4 heterocycles. The van der Waals surface area contributed by atoms with Crippen LogP contribution in [0.3, 0.4) is 0 Å². The van der Waals surface area contributed by atoms with Crippen LogP contribution in [-0.2, 0) is 6.61 Å². The largest absolute Gasteiger partial charge is 0.481 e. The molecular weight excluding hydrogens is 322 g/mol. The molecule has 25 heavy (non-hydrogen) atoms. The minimum absolute atomic E-state index is 0.0906. The number of aliphatic hydroxyl groups is 1. The van der Waals surface area contributed by atoms with Crippen LogP contribution < -0.4 is 20.7 Å². The van der Waals surface area contributed by atoms with Crippen molar-refractivity contribution >= 4 is 17.6 Å². The first-order valence-electron chi connectivity index (χ1n) is 8.59. The molecule has 9 heteroatoms. The van der Waals surface area contributed by atoms with Gasteiger partial charge < -0.3 is 25.8 Å². The van der Waals surface area contributed by atoms with Crippen LogP contribution in [0.15, 0.2) is 12.1 Å². The van der Waals surface area contributed by atoms with E-state index < -0.39 is 0 Å². The Morgan fingerprint density at radius 2 is 2.00 bits per heavy atom. The number of ether oxygens (including phenoxy) is 1. The van der Waals surface area contributed by atoms with E-state index in [0.29, 0.717) is 47.3 Å². The molecule has 2 bridgehead atoms. The maximum absolute atomic E-state index is 9.11. The summed E-state index contributed by atoms with van der Waals surface area (Å²) >= 11 is 0. The first-order valence-corrected chi connectivity index (χ1v) is 8.59. The number of hydrogen-bond acceptors (Lipinski definition) is 8. The number of fused-ring (bicyclic) bond motifs is 2. The zero-order chi connectivity index (χ0) is 17.2. The van der Waals surface area contributed by atoms with E-state index in [1.165, 1.54) is 12.8 Å². The molecule has 2 aliphatic rings. The standard InChI is InChI=1S/C16H23N7O2/c1-25-15-7-13(19-14-6-12(8-24)22-23-14)20-16(21-15)18-11-4-9-2-3-10(5-11)17-9/h6-7,9-11,17,24H,2-5,8H2,1H3,(H3,18,19,20,21,22,23)/t9-,10+,11?. The van der Waals surface area contributed by atoms with Crippen LogP contribution in [-0.4, -0.2) is 50.5 Å². The third-order valence-corrected chi connectivity index (χ3v) is 4.78. The van der Waals surface area contributed by atoms with Crippen molar-refractivity contribution < 1.29 is 9.84 Å². The molecular formula is C16H23N7O2. The molecule has 0 amide bonds. The summed E-state index contributed by atoms with van der Waals surface area (Å²) in [5.41, 5.74) is 0.632. The Morgan fingerprint density at radius 1 is 1.20 bits per heavy atom. The van der Waals surface area contributed by atoms with Crippen molar-refractivity contribution in [2.75, 3.05) is 17.7 Å². The van der Waals surface area contributed by atoms with Gasteiger partial charge in [-0.1, -0.05) is 0 Å². The summed E-state index contributed by atoms with van der Waals surface area (Å²) in [7, 11) is 1.58. The maximum Gasteiger partial charge on any atom is 0.228 e. The van der Waals surface area contributed by atoms with Crippen molar-refractivity contribution in [1.29, 1.82) is 0 Å². The van der Waals surface area contributed by atoms with Crippen LogP contribution in [0.2, 0.25) is 0 Å². The van der Waals surface area contributed by atoms with Crippen LogP contribution in [0.5, 0.6) is 5.88 Å². The van der Waals surface area contributed by atoms with Gasteiger partial charge in [-0.2, -0.15) is 15.1 Å². The molecule has 4 rings (SSSR count). The Balaban J connectivity index is 1.49. The third kappa shape index (κ3) is 3.67. The van der Waals surface area contributed by atoms with Crippen LogP contribution in [0.1, 0.15) is 31.4 Å². The van der Waals surface area contributed by atoms with Gasteiger partial charge >= 0.3 is 0 Å². The molecule has 0 spiro atoms. The summed E-state index contributed by atoms with van der Waals surface area (Å²) in [6, 6.07) is 5.00. The molecule has 9 nitrogen and oxygen atoms in total. The molecule has 0 radical (unpaired) electrons. The van der Waals surface area contributed by atoms with Crippen molar-refractivity contribution in [1.82, 2.24) is 25.5 Å². The predicted octanol–water partition coefficient (Wildman–Crippen LogP) is 1.14. The van der Waals surface area contributed by atoms with Gasteiger partial charge in [-0.15, -0.1) is 0 Å². The molecule has 2 aromatic heterocycles. The maximum atomic E-state index is 9.11. The van der Waals surface area contributed by atoms with Gasteiger partial charge in [-0.25, -0.2) is 0 Å². The SMILES string of the molecule is COc1cc(Nc2cc(CO)[nH]n2)nc(NC2C[C@H]3CC[C@@H](C2)N3)n1. The normalized spacial score (nSPS) is 25.0. The Kier molecular flexibility index (Phi) is 4.41. The fraction of sp³-hybridized carbons (Fsp3) is 0.562. The number of rotatable bonds is 6. The Hall–Kier alpha value is -2.39. The number of aromatic amines is 1. The number of nitrogens with one attached hydrogen (secondary N) is 4. The summed E-state index contributed by atoms with van der Waals surface area (Å²) in [5.74, 6) is 2.19. The van der Waals surface area contributed by atoms with Crippen molar-refractivity contribution in [2.45, 2.75) is 50.4 Å². The van der Waals surface area contributed by atoms with Gasteiger partial charge in [0, 0.05) is 30.3 Å². The highest BCUT2D eigenvalue weighted by atomic mass is 16.5. The molecule has 3 atom stereocenters. The fourth-order valence-electron chi connectivity index (χ4n) is 3.65. The molecule has 5 N–H and O–H groups in total. The zero-order valence-electron chi connectivity index (χ0n) is 14.1. The predicted molar refractivity (Wildman–Crippen MR) is 93.0 cm³/mol. The van der Waals surface area contributed by atoms with Gasteiger partial charge in [0.2, 0.25) is 11.8 Å². The number of piperidine rings is 1. The smallest absolute Gasteiger partial charge is 0.228 e. The summed E-state index contributed by atoms with van der Waals surface area (Å²) < 4.78 is 5.29. The second-order valence-electron chi connectivity index (χ2n) is 6.63. The van der Waals surface area contributed by atoms with E-state index in [1.807, 2.05) is 0 Å². The molecule has 0 aliphatic carbocycles. The Morgan fingerprint density at radius 3 is 2.68 bits per heavy atom. The van der Waals surface area contributed by atoms with Gasteiger partial charge in [0.25, 0.3) is 0 Å². The van der Waals surface area contributed by atoms with Crippen LogP contribution in [0, 0.1) is 0 Å². The monoisotopic (exact) mass is 345 g/mol. The minimum atomic E-state index is -0.0906. The minimum Gasteiger partial charge on any atom is -0.481 e. The number of methoxy groups -OCH3 is 1. The molecule has 0 aromatic carbocycles. The number of anilines is 3. The summed E-state index contributed by atoms with van der Waals surface area (Å²) in [4.78, 5) is 8.93. The van der Waals surface area contributed by atoms with E-state index in [2.05, 4.69) is 36.1 Å². The van der Waals surface area contributed by atoms with E-state index in [1.54, 1.807) is 19.2 Å². The van der Waals surface area contributed by atoms with E-state index >= 15 is 0 Å². The number of nitrogens with zero attached hydrogens (tertiary/aromatic N) is 3. The number of aromatic nitrogens is 4. The highest BCUT2D eigenvalue weighted by Crippen LogP contribution is 2.29. The average molecular weight is 345 g/mol. The lowest BCUT2D eigenvalue weighted by molar-refractivity contribution is 0.276. The molecule has 134 valence electrons. The highest BCUT2D eigenvalue weighted by Gasteiger charge is 2.33. The second kappa shape index (κ2) is 6.85. The lowest BCUT2D eigenvalue weighted by atomic mass is 10.0. The lowest BCUT2D eigenvalue weighted by Crippen LogP contribution is -2.43. The number of H-pyrrole nitrogens is 1. The van der Waals surface area contributed by atoms with Crippen LogP contribution in [0.4, 0.5) is 17.6 Å². The lowest BCUT2D eigenvalue weighted by Gasteiger charge is -2.29.